The van der Waals surface area contributed by atoms with E-state index in [4.69, 9.17) is 5.21 Å². The lowest BCUT2D eigenvalue weighted by Crippen LogP contribution is -2.52. The van der Waals surface area contributed by atoms with Crippen LogP contribution in [-0.2, 0) is 14.8 Å². The molecule has 7 nitrogen and oxygen atoms in total. The maximum atomic E-state index is 12.6. The fourth-order valence-corrected chi connectivity index (χ4v) is 3.57. The average molecular weight is 337 g/mol. The van der Waals surface area contributed by atoms with Gasteiger partial charge in [0, 0.05) is 11.6 Å². The molecule has 0 spiro atoms. The molecule has 0 saturated carbocycles. The molecule has 3 N–H and O–H groups in total. The minimum atomic E-state index is -3.94. The van der Waals surface area contributed by atoms with E-state index in [1.807, 2.05) is 0 Å². The van der Waals surface area contributed by atoms with E-state index in [1.165, 1.54) is 17.6 Å². The lowest BCUT2D eigenvalue weighted by molar-refractivity contribution is -0.133. The number of aromatic nitrogens is 1. The first-order valence-corrected chi connectivity index (χ1v) is 8.44. The van der Waals surface area contributed by atoms with E-state index < -0.39 is 27.4 Å². The van der Waals surface area contributed by atoms with E-state index in [1.54, 1.807) is 45.2 Å². The van der Waals surface area contributed by atoms with Crippen molar-refractivity contribution in [3.63, 3.8) is 0 Å². The molecule has 0 fully saturated rings. The van der Waals surface area contributed by atoms with Crippen LogP contribution in [0.4, 0.5) is 0 Å². The van der Waals surface area contributed by atoms with Crippen LogP contribution in [0.1, 0.15) is 20.8 Å². The van der Waals surface area contributed by atoms with Crippen LogP contribution in [0.25, 0.3) is 10.9 Å². The summed E-state index contributed by atoms with van der Waals surface area (Å²) in [6.45, 7) is 5.08. The summed E-state index contributed by atoms with van der Waals surface area (Å²) >= 11 is 0. The standard InChI is InChI=1S/C15H19N3O4S/c1-15(2,3)13(14(19)17-20)18-23(21,22)11-6-7-12-10(9-11)5-4-8-16-12/h4-9,13,18,20H,1-3H3,(H,17,19)/t13-/m0/s1. The summed E-state index contributed by atoms with van der Waals surface area (Å²) in [6.07, 6.45) is 1.62. The molecule has 2 rings (SSSR count). The van der Waals surface area contributed by atoms with Crippen LogP contribution in [-0.4, -0.2) is 30.6 Å². The molecule has 124 valence electrons. The van der Waals surface area contributed by atoms with Gasteiger partial charge >= 0.3 is 0 Å². The molecule has 23 heavy (non-hydrogen) atoms. The number of nitrogens with zero attached hydrogens (tertiary/aromatic N) is 1. The van der Waals surface area contributed by atoms with Gasteiger partial charge in [-0.05, 0) is 29.7 Å². The van der Waals surface area contributed by atoms with Crippen molar-refractivity contribution >= 4 is 26.8 Å². The Bertz CT molecular complexity index is 828. The number of rotatable bonds is 4. The molecule has 1 heterocycles. The summed E-state index contributed by atoms with van der Waals surface area (Å²) in [6, 6.07) is 6.85. The monoisotopic (exact) mass is 337 g/mol. The number of carbonyl (C=O) groups excluding carboxylic acids is 1. The lowest BCUT2D eigenvalue weighted by Gasteiger charge is -2.29. The van der Waals surface area contributed by atoms with Crippen LogP contribution in [0.3, 0.4) is 0 Å². The first kappa shape index (κ1) is 17.3. The second-order valence-corrected chi connectivity index (χ2v) is 7.97. The Morgan fingerprint density at radius 3 is 2.57 bits per heavy atom. The molecule has 0 radical (unpaired) electrons. The van der Waals surface area contributed by atoms with Gasteiger partial charge in [0.05, 0.1) is 10.4 Å². The highest BCUT2D eigenvalue weighted by Crippen LogP contribution is 2.23. The van der Waals surface area contributed by atoms with Crippen molar-refractivity contribution in [2.75, 3.05) is 0 Å². The maximum Gasteiger partial charge on any atom is 0.262 e. The number of hydroxylamine groups is 1. The fourth-order valence-electron chi connectivity index (χ4n) is 2.13. The van der Waals surface area contributed by atoms with Crippen LogP contribution in [0.5, 0.6) is 0 Å². The van der Waals surface area contributed by atoms with Gasteiger partial charge in [-0.25, -0.2) is 13.9 Å². The van der Waals surface area contributed by atoms with Gasteiger partial charge in [-0.3, -0.25) is 15.0 Å². The topological polar surface area (TPSA) is 108 Å². The Labute approximate surface area is 134 Å². The number of amides is 1. The second kappa shape index (κ2) is 6.23. The van der Waals surface area contributed by atoms with E-state index in [-0.39, 0.29) is 4.90 Å². The lowest BCUT2D eigenvalue weighted by atomic mass is 9.87. The zero-order valence-corrected chi connectivity index (χ0v) is 13.9. The van der Waals surface area contributed by atoms with Gasteiger partial charge in [0.15, 0.2) is 0 Å². The van der Waals surface area contributed by atoms with Gasteiger partial charge in [0.2, 0.25) is 10.0 Å². The van der Waals surface area contributed by atoms with Crippen LogP contribution in [0.15, 0.2) is 41.4 Å². The number of hydrogen-bond donors (Lipinski definition) is 3. The number of sulfonamides is 1. The molecule has 0 bridgehead atoms. The van der Waals surface area contributed by atoms with Crippen LogP contribution in [0, 0.1) is 5.41 Å². The molecule has 1 atom stereocenters. The summed E-state index contributed by atoms with van der Waals surface area (Å²) < 4.78 is 27.5. The van der Waals surface area contributed by atoms with E-state index in [0.717, 1.165) is 0 Å². The Kier molecular flexibility index (Phi) is 4.69. The molecular weight excluding hydrogens is 318 g/mol. The quantitative estimate of drug-likeness (QED) is 0.578. The predicted octanol–water partition coefficient (Wildman–Crippen LogP) is 1.43. The van der Waals surface area contributed by atoms with E-state index in [2.05, 4.69) is 9.71 Å². The number of nitrogens with one attached hydrogen (secondary N) is 2. The molecule has 1 aromatic carbocycles. The third kappa shape index (κ3) is 3.84. The highest BCUT2D eigenvalue weighted by molar-refractivity contribution is 7.89. The smallest absolute Gasteiger partial charge is 0.262 e. The Morgan fingerprint density at radius 2 is 1.96 bits per heavy atom. The molecule has 0 aliphatic heterocycles. The highest BCUT2D eigenvalue weighted by Gasteiger charge is 2.35. The summed E-state index contributed by atoms with van der Waals surface area (Å²) in [5, 5.41) is 9.51. The maximum absolute atomic E-state index is 12.6. The summed E-state index contributed by atoms with van der Waals surface area (Å²) in [5.74, 6) is -0.816. The normalized spacial score (nSPS) is 13.7. The van der Waals surface area contributed by atoms with Crippen molar-refractivity contribution in [3.8, 4) is 0 Å². The highest BCUT2D eigenvalue weighted by atomic mass is 32.2. The zero-order chi connectivity index (χ0) is 17.3. The number of pyridine rings is 1. The molecule has 0 aliphatic carbocycles. The van der Waals surface area contributed by atoms with E-state index in [9.17, 15) is 13.2 Å². The molecule has 1 amide bonds. The molecule has 1 aromatic heterocycles. The summed E-state index contributed by atoms with van der Waals surface area (Å²) in [7, 11) is -3.94. The van der Waals surface area contributed by atoms with Crippen molar-refractivity contribution in [1.29, 1.82) is 0 Å². The van der Waals surface area contributed by atoms with Gasteiger partial charge in [0.1, 0.15) is 6.04 Å². The number of fused-ring (bicyclic) bond motifs is 1. The van der Waals surface area contributed by atoms with Crippen molar-refractivity contribution < 1.29 is 18.4 Å². The largest absolute Gasteiger partial charge is 0.289 e. The third-order valence-electron chi connectivity index (χ3n) is 3.40. The number of carbonyl (C=O) groups is 1. The van der Waals surface area contributed by atoms with Crippen molar-refractivity contribution in [2.45, 2.75) is 31.7 Å². The van der Waals surface area contributed by atoms with Crippen LogP contribution >= 0.6 is 0 Å². The number of benzene rings is 1. The Hall–Kier alpha value is -2.03. The molecule has 0 saturated heterocycles. The average Bonchev–Trinajstić information content (AvgIpc) is 2.50. The van der Waals surface area contributed by atoms with Gasteiger partial charge in [0.25, 0.3) is 5.91 Å². The minimum Gasteiger partial charge on any atom is -0.289 e. The first-order valence-electron chi connectivity index (χ1n) is 6.96. The molecule has 0 unspecified atom stereocenters. The number of hydrogen-bond acceptors (Lipinski definition) is 5. The fraction of sp³-hybridized carbons (Fsp3) is 0.333. The van der Waals surface area contributed by atoms with E-state index in [0.29, 0.717) is 10.9 Å². The minimum absolute atomic E-state index is 0.0259. The van der Waals surface area contributed by atoms with Crippen molar-refractivity contribution in [2.24, 2.45) is 5.41 Å². The van der Waals surface area contributed by atoms with Gasteiger partial charge in [-0.2, -0.15) is 4.72 Å². The zero-order valence-electron chi connectivity index (χ0n) is 13.1. The third-order valence-corrected chi connectivity index (χ3v) is 4.82. The first-order chi connectivity index (χ1) is 10.6. The molecule has 2 aromatic rings. The van der Waals surface area contributed by atoms with E-state index >= 15 is 0 Å². The van der Waals surface area contributed by atoms with Crippen LogP contribution < -0.4 is 10.2 Å². The Balaban J connectivity index is 2.41. The SMILES string of the molecule is CC(C)(C)[C@@H](NS(=O)(=O)c1ccc2ncccc2c1)C(=O)NO. The molecular formula is C15H19N3O4S. The summed E-state index contributed by atoms with van der Waals surface area (Å²) in [5.41, 5.74) is 1.45. The Morgan fingerprint density at radius 1 is 1.26 bits per heavy atom. The predicted molar refractivity (Wildman–Crippen MR) is 85.2 cm³/mol. The van der Waals surface area contributed by atoms with Crippen molar-refractivity contribution in [3.05, 3.63) is 36.5 Å². The summed E-state index contributed by atoms with van der Waals surface area (Å²) in [4.78, 5) is 15.9. The molecule has 0 aliphatic rings. The van der Waals surface area contributed by atoms with Gasteiger partial charge in [-0.1, -0.05) is 26.8 Å². The van der Waals surface area contributed by atoms with Crippen LogP contribution in [0.2, 0.25) is 0 Å². The molecule has 8 heteroatoms. The second-order valence-electron chi connectivity index (χ2n) is 6.25. The van der Waals surface area contributed by atoms with Gasteiger partial charge < -0.3 is 0 Å². The van der Waals surface area contributed by atoms with Crippen molar-refractivity contribution in [1.82, 2.24) is 15.2 Å². The van der Waals surface area contributed by atoms with Gasteiger partial charge in [-0.15, -0.1) is 0 Å².